The fourth-order valence-corrected chi connectivity index (χ4v) is 3.75. The van der Waals surface area contributed by atoms with Crippen LogP contribution in [0.15, 0.2) is 28.7 Å². The minimum absolute atomic E-state index is 0.0120. The second-order valence-electron chi connectivity index (χ2n) is 6.23. The summed E-state index contributed by atoms with van der Waals surface area (Å²) in [5, 5.41) is 10.4. The fraction of sp³-hybridized carbons (Fsp3) is 0.438. The second-order valence-corrected chi connectivity index (χ2v) is 8.21. The quantitative estimate of drug-likeness (QED) is 0.884. The van der Waals surface area contributed by atoms with Crippen LogP contribution in [0.25, 0.3) is 11.5 Å². The normalized spacial score (nSPS) is 18.9. The van der Waals surface area contributed by atoms with E-state index in [4.69, 9.17) is 4.42 Å². The van der Waals surface area contributed by atoms with Crippen LogP contribution < -0.4 is 5.32 Å². The molecule has 1 amide bonds. The Morgan fingerprint density at radius 2 is 2.16 bits per heavy atom. The maximum Gasteiger partial charge on any atom is 0.322 e. The summed E-state index contributed by atoms with van der Waals surface area (Å²) in [5.41, 5.74) is 1.83. The van der Waals surface area contributed by atoms with Crippen molar-refractivity contribution in [3.63, 3.8) is 0 Å². The topological polar surface area (TPSA) is 105 Å². The van der Waals surface area contributed by atoms with Crippen molar-refractivity contribution >= 4 is 21.9 Å². The van der Waals surface area contributed by atoms with Crippen LogP contribution in [-0.2, 0) is 14.8 Å². The van der Waals surface area contributed by atoms with Gasteiger partial charge >= 0.3 is 6.01 Å². The largest absolute Gasteiger partial charge is 0.403 e. The number of carbonyl (C=O) groups is 1. The molecule has 0 saturated carbocycles. The zero-order valence-corrected chi connectivity index (χ0v) is 14.9. The number of sulfonamides is 1. The Bertz CT molecular complexity index is 878. The van der Waals surface area contributed by atoms with E-state index in [0.717, 1.165) is 17.4 Å². The Labute approximate surface area is 146 Å². The highest BCUT2D eigenvalue weighted by Gasteiger charge is 2.30. The lowest BCUT2D eigenvalue weighted by Crippen LogP contribution is -2.43. The zero-order valence-electron chi connectivity index (χ0n) is 14.1. The molecule has 0 bridgehead atoms. The van der Waals surface area contributed by atoms with Crippen LogP contribution in [0.3, 0.4) is 0 Å². The van der Waals surface area contributed by atoms with Gasteiger partial charge < -0.3 is 4.42 Å². The van der Waals surface area contributed by atoms with Crippen LogP contribution in [-0.4, -0.2) is 48.2 Å². The molecule has 0 radical (unpaired) electrons. The predicted molar refractivity (Wildman–Crippen MR) is 92.2 cm³/mol. The molecule has 1 aromatic carbocycles. The summed E-state index contributed by atoms with van der Waals surface area (Å²) in [6.45, 7) is 2.57. The molecule has 8 nitrogen and oxygen atoms in total. The van der Waals surface area contributed by atoms with Crippen LogP contribution in [0.1, 0.15) is 18.4 Å². The van der Waals surface area contributed by atoms with E-state index in [2.05, 4.69) is 15.5 Å². The van der Waals surface area contributed by atoms with Gasteiger partial charge in [0.2, 0.25) is 21.8 Å². The number of carbonyl (C=O) groups excluding carboxylic acids is 1. The summed E-state index contributed by atoms with van der Waals surface area (Å²) in [6, 6.07) is 7.60. The lowest BCUT2D eigenvalue weighted by molar-refractivity contribution is -0.121. The van der Waals surface area contributed by atoms with Gasteiger partial charge in [0.1, 0.15) is 0 Å². The highest BCUT2D eigenvalue weighted by Crippen LogP contribution is 2.23. The maximum atomic E-state index is 12.4. The number of amides is 1. The molecule has 2 heterocycles. The highest BCUT2D eigenvalue weighted by atomic mass is 32.2. The number of nitrogens with zero attached hydrogens (tertiary/aromatic N) is 3. The van der Waals surface area contributed by atoms with Crippen LogP contribution in [0.4, 0.5) is 6.01 Å². The number of rotatable bonds is 4. The molecular weight excluding hydrogens is 344 g/mol. The van der Waals surface area contributed by atoms with Crippen molar-refractivity contribution in [3.8, 4) is 11.5 Å². The Kier molecular flexibility index (Phi) is 4.87. The molecule has 1 saturated heterocycles. The van der Waals surface area contributed by atoms with Crippen molar-refractivity contribution in [3.05, 3.63) is 29.8 Å². The molecule has 1 unspecified atom stereocenters. The molecule has 1 aliphatic heterocycles. The summed E-state index contributed by atoms with van der Waals surface area (Å²) in [4.78, 5) is 12.4. The Morgan fingerprint density at radius 3 is 2.88 bits per heavy atom. The smallest absolute Gasteiger partial charge is 0.322 e. The third-order valence-electron chi connectivity index (χ3n) is 4.14. The molecular formula is C16H20N4O4S. The second kappa shape index (κ2) is 6.93. The van der Waals surface area contributed by atoms with Crippen molar-refractivity contribution in [1.29, 1.82) is 0 Å². The molecule has 1 N–H and O–H groups in total. The average Bonchev–Trinajstić information content (AvgIpc) is 3.03. The minimum atomic E-state index is -3.30. The van der Waals surface area contributed by atoms with Gasteiger partial charge in [0, 0.05) is 18.7 Å². The standard InChI is InChI=1S/C16H20N4O4S/c1-11-5-3-6-12(9-11)15-18-19-16(24-15)17-14(21)13-7-4-8-20(10-13)25(2,22)23/h3,5-6,9,13H,4,7-8,10H2,1-2H3,(H,17,19,21). The van der Waals surface area contributed by atoms with E-state index in [9.17, 15) is 13.2 Å². The third-order valence-corrected chi connectivity index (χ3v) is 5.41. The lowest BCUT2D eigenvalue weighted by Gasteiger charge is -2.29. The van der Waals surface area contributed by atoms with E-state index < -0.39 is 15.9 Å². The average molecular weight is 364 g/mol. The number of nitrogens with one attached hydrogen (secondary N) is 1. The van der Waals surface area contributed by atoms with Gasteiger partial charge in [-0.2, -0.15) is 0 Å². The number of hydrogen-bond acceptors (Lipinski definition) is 6. The van der Waals surface area contributed by atoms with E-state index in [-0.39, 0.29) is 18.5 Å². The maximum absolute atomic E-state index is 12.4. The van der Waals surface area contributed by atoms with Crippen molar-refractivity contribution < 1.29 is 17.6 Å². The minimum Gasteiger partial charge on any atom is -0.403 e. The summed E-state index contributed by atoms with van der Waals surface area (Å²) in [7, 11) is -3.30. The first kappa shape index (κ1) is 17.6. The fourth-order valence-electron chi connectivity index (χ4n) is 2.83. The Hall–Kier alpha value is -2.26. The molecule has 1 aliphatic rings. The van der Waals surface area contributed by atoms with Gasteiger partial charge in [-0.05, 0) is 31.9 Å². The zero-order chi connectivity index (χ0) is 18.0. The van der Waals surface area contributed by atoms with Crippen LogP contribution in [0.5, 0.6) is 0 Å². The Balaban J connectivity index is 1.67. The molecule has 1 atom stereocenters. The summed E-state index contributed by atoms with van der Waals surface area (Å²) in [6.07, 6.45) is 2.42. The van der Waals surface area contributed by atoms with Crippen molar-refractivity contribution in [1.82, 2.24) is 14.5 Å². The Morgan fingerprint density at radius 1 is 1.36 bits per heavy atom. The summed E-state index contributed by atoms with van der Waals surface area (Å²) >= 11 is 0. The van der Waals surface area contributed by atoms with Gasteiger partial charge in [-0.15, -0.1) is 5.10 Å². The van der Waals surface area contributed by atoms with E-state index in [0.29, 0.717) is 25.3 Å². The molecule has 2 aromatic rings. The number of aryl methyl sites for hydroxylation is 1. The van der Waals surface area contributed by atoms with E-state index >= 15 is 0 Å². The number of benzene rings is 1. The molecule has 0 aliphatic carbocycles. The van der Waals surface area contributed by atoms with Gasteiger partial charge in [-0.1, -0.05) is 22.8 Å². The highest BCUT2D eigenvalue weighted by molar-refractivity contribution is 7.88. The first-order valence-corrected chi connectivity index (χ1v) is 9.84. The number of hydrogen-bond donors (Lipinski definition) is 1. The number of piperidine rings is 1. The molecule has 1 aromatic heterocycles. The first-order valence-electron chi connectivity index (χ1n) is 7.99. The number of anilines is 1. The van der Waals surface area contributed by atoms with E-state index in [1.807, 2.05) is 31.2 Å². The lowest BCUT2D eigenvalue weighted by atomic mass is 9.99. The van der Waals surface area contributed by atoms with Crippen LogP contribution in [0, 0.1) is 12.8 Å². The van der Waals surface area contributed by atoms with Crippen molar-refractivity contribution in [2.45, 2.75) is 19.8 Å². The molecule has 0 spiro atoms. The predicted octanol–water partition coefficient (Wildman–Crippen LogP) is 1.66. The SMILES string of the molecule is Cc1cccc(-c2nnc(NC(=O)C3CCCN(S(C)(=O)=O)C3)o2)c1. The van der Waals surface area contributed by atoms with Gasteiger partial charge in [-0.3, -0.25) is 10.1 Å². The van der Waals surface area contributed by atoms with Gasteiger partial charge in [0.25, 0.3) is 0 Å². The van der Waals surface area contributed by atoms with Crippen LogP contribution in [0.2, 0.25) is 0 Å². The molecule has 134 valence electrons. The molecule has 1 fully saturated rings. The van der Waals surface area contributed by atoms with Gasteiger partial charge in [0.05, 0.1) is 12.2 Å². The van der Waals surface area contributed by atoms with Crippen LogP contribution >= 0.6 is 0 Å². The summed E-state index contributed by atoms with van der Waals surface area (Å²) < 4.78 is 30.1. The molecule has 9 heteroatoms. The first-order chi connectivity index (χ1) is 11.8. The monoisotopic (exact) mass is 364 g/mol. The van der Waals surface area contributed by atoms with Crippen molar-refractivity contribution in [2.75, 3.05) is 24.7 Å². The third kappa shape index (κ3) is 4.23. The summed E-state index contributed by atoms with van der Waals surface area (Å²) in [5.74, 6) is -0.425. The van der Waals surface area contributed by atoms with Gasteiger partial charge in [-0.25, -0.2) is 12.7 Å². The van der Waals surface area contributed by atoms with Gasteiger partial charge in [0.15, 0.2) is 0 Å². The van der Waals surface area contributed by atoms with E-state index in [1.165, 1.54) is 4.31 Å². The molecule has 3 rings (SSSR count). The van der Waals surface area contributed by atoms with E-state index in [1.54, 1.807) is 0 Å². The molecule has 25 heavy (non-hydrogen) atoms. The number of aromatic nitrogens is 2. The van der Waals surface area contributed by atoms with Crippen molar-refractivity contribution in [2.24, 2.45) is 5.92 Å².